The standard InChI is InChI=1S/C20H23N3/c21-12-7-13-22-14-16-23(17-15-22)20(18-8-3-1-4-9-18)19-10-5-2-6-11-19/h1-6,8-11,20H,7,13-17H2. The molecular formula is C20H23N3. The minimum absolute atomic E-state index is 0.315. The van der Waals surface area contributed by atoms with E-state index in [0.717, 1.165) is 32.7 Å². The Morgan fingerprint density at radius 1 is 0.826 bits per heavy atom. The maximum atomic E-state index is 8.75. The largest absolute Gasteiger partial charge is 0.300 e. The summed E-state index contributed by atoms with van der Waals surface area (Å²) in [6.45, 7) is 5.06. The quantitative estimate of drug-likeness (QED) is 0.849. The van der Waals surface area contributed by atoms with Crippen molar-refractivity contribution in [2.45, 2.75) is 12.5 Å². The van der Waals surface area contributed by atoms with E-state index in [4.69, 9.17) is 5.26 Å². The average molecular weight is 305 g/mol. The predicted octanol–water partition coefficient (Wildman–Crippen LogP) is 3.31. The molecule has 0 radical (unpaired) electrons. The van der Waals surface area contributed by atoms with Crippen molar-refractivity contribution < 1.29 is 0 Å². The lowest BCUT2D eigenvalue weighted by Gasteiger charge is -2.39. The third-order valence-corrected chi connectivity index (χ3v) is 4.54. The van der Waals surface area contributed by atoms with Gasteiger partial charge in [0.05, 0.1) is 12.1 Å². The summed E-state index contributed by atoms with van der Waals surface area (Å²) < 4.78 is 0. The van der Waals surface area contributed by atoms with E-state index in [1.54, 1.807) is 0 Å². The van der Waals surface area contributed by atoms with Gasteiger partial charge < -0.3 is 0 Å². The zero-order valence-corrected chi connectivity index (χ0v) is 13.4. The Morgan fingerprint density at radius 3 is 1.83 bits per heavy atom. The molecule has 0 N–H and O–H groups in total. The van der Waals surface area contributed by atoms with Crippen molar-refractivity contribution in [3.8, 4) is 6.07 Å². The first kappa shape index (κ1) is 15.7. The molecule has 3 heteroatoms. The van der Waals surface area contributed by atoms with E-state index >= 15 is 0 Å². The summed E-state index contributed by atoms with van der Waals surface area (Å²) in [7, 11) is 0. The van der Waals surface area contributed by atoms with Gasteiger partial charge in [-0.3, -0.25) is 9.80 Å². The van der Waals surface area contributed by atoms with E-state index in [-0.39, 0.29) is 0 Å². The van der Waals surface area contributed by atoms with Gasteiger partial charge in [0.1, 0.15) is 0 Å². The topological polar surface area (TPSA) is 30.3 Å². The normalized spacial score (nSPS) is 16.3. The SMILES string of the molecule is N#CCCN1CCN(C(c2ccccc2)c2ccccc2)CC1. The summed E-state index contributed by atoms with van der Waals surface area (Å²) in [4.78, 5) is 4.96. The van der Waals surface area contributed by atoms with E-state index in [1.165, 1.54) is 11.1 Å². The zero-order valence-electron chi connectivity index (χ0n) is 13.4. The molecule has 0 aromatic heterocycles. The second-order valence-corrected chi connectivity index (χ2v) is 6.01. The fourth-order valence-corrected chi connectivity index (χ4v) is 3.34. The van der Waals surface area contributed by atoms with Crippen LogP contribution in [-0.2, 0) is 0 Å². The second-order valence-electron chi connectivity index (χ2n) is 6.01. The maximum Gasteiger partial charge on any atom is 0.0635 e. The molecule has 3 nitrogen and oxygen atoms in total. The van der Waals surface area contributed by atoms with Crippen LogP contribution in [0, 0.1) is 11.3 Å². The minimum atomic E-state index is 0.315. The van der Waals surface area contributed by atoms with E-state index in [2.05, 4.69) is 76.5 Å². The molecule has 0 atom stereocenters. The molecule has 2 aromatic rings. The third-order valence-electron chi connectivity index (χ3n) is 4.54. The van der Waals surface area contributed by atoms with Crippen LogP contribution in [-0.4, -0.2) is 42.5 Å². The van der Waals surface area contributed by atoms with Gasteiger partial charge in [-0.05, 0) is 11.1 Å². The molecule has 1 aliphatic heterocycles. The fourth-order valence-electron chi connectivity index (χ4n) is 3.34. The van der Waals surface area contributed by atoms with Gasteiger partial charge >= 0.3 is 0 Å². The Bertz CT molecular complexity index is 585. The lowest BCUT2D eigenvalue weighted by molar-refractivity contribution is 0.111. The Labute approximate surface area is 138 Å². The number of nitrogens with zero attached hydrogens (tertiary/aromatic N) is 3. The molecule has 3 rings (SSSR count). The Balaban J connectivity index is 1.77. The molecule has 0 bridgehead atoms. The highest BCUT2D eigenvalue weighted by Gasteiger charge is 2.25. The maximum absolute atomic E-state index is 8.75. The first-order valence-corrected chi connectivity index (χ1v) is 8.32. The molecule has 1 aliphatic rings. The van der Waals surface area contributed by atoms with E-state index < -0.39 is 0 Å². The number of piperazine rings is 1. The minimum Gasteiger partial charge on any atom is -0.300 e. The van der Waals surface area contributed by atoms with Crippen molar-refractivity contribution in [3.05, 3.63) is 71.8 Å². The van der Waals surface area contributed by atoms with Gasteiger partial charge in [0.2, 0.25) is 0 Å². The average Bonchev–Trinajstić information content (AvgIpc) is 2.63. The van der Waals surface area contributed by atoms with Crippen molar-refractivity contribution in [1.29, 1.82) is 5.26 Å². The van der Waals surface area contributed by atoms with Crippen LogP contribution in [0.25, 0.3) is 0 Å². The van der Waals surface area contributed by atoms with Gasteiger partial charge in [-0.15, -0.1) is 0 Å². The summed E-state index contributed by atoms with van der Waals surface area (Å²) >= 11 is 0. The van der Waals surface area contributed by atoms with Gasteiger partial charge in [0.25, 0.3) is 0 Å². The van der Waals surface area contributed by atoms with Crippen LogP contribution >= 0.6 is 0 Å². The summed E-state index contributed by atoms with van der Waals surface area (Å²) in [5.41, 5.74) is 2.70. The second kappa shape index (κ2) is 7.92. The van der Waals surface area contributed by atoms with Crippen molar-refractivity contribution in [3.63, 3.8) is 0 Å². The first-order chi connectivity index (χ1) is 11.4. The van der Waals surface area contributed by atoms with Crippen molar-refractivity contribution in [2.24, 2.45) is 0 Å². The molecule has 0 spiro atoms. The lowest BCUT2D eigenvalue weighted by Crippen LogP contribution is -2.47. The zero-order chi connectivity index (χ0) is 15.9. The van der Waals surface area contributed by atoms with Crippen LogP contribution in [0.15, 0.2) is 60.7 Å². The highest BCUT2D eigenvalue weighted by molar-refractivity contribution is 5.31. The number of hydrogen-bond acceptors (Lipinski definition) is 3. The van der Waals surface area contributed by atoms with E-state index in [0.29, 0.717) is 12.5 Å². The molecule has 118 valence electrons. The number of benzene rings is 2. The van der Waals surface area contributed by atoms with Crippen LogP contribution < -0.4 is 0 Å². The first-order valence-electron chi connectivity index (χ1n) is 8.32. The summed E-state index contributed by atoms with van der Waals surface area (Å²) in [6, 6.07) is 24.1. The van der Waals surface area contributed by atoms with Gasteiger partial charge in [0.15, 0.2) is 0 Å². The Kier molecular flexibility index (Phi) is 5.42. The van der Waals surface area contributed by atoms with Crippen molar-refractivity contribution in [1.82, 2.24) is 9.80 Å². The molecule has 1 saturated heterocycles. The molecule has 0 aliphatic carbocycles. The van der Waals surface area contributed by atoms with Crippen LogP contribution in [0.3, 0.4) is 0 Å². The highest BCUT2D eigenvalue weighted by Crippen LogP contribution is 2.29. The van der Waals surface area contributed by atoms with Gasteiger partial charge in [-0.2, -0.15) is 5.26 Å². The predicted molar refractivity (Wildman–Crippen MR) is 93.0 cm³/mol. The van der Waals surface area contributed by atoms with E-state index in [1.807, 2.05) is 0 Å². The monoisotopic (exact) mass is 305 g/mol. The van der Waals surface area contributed by atoms with E-state index in [9.17, 15) is 0 Å². The van der Waals surface area contributed by atoms with Gasteiger partial charge in [-0.1, -0.05) is 60.7 Å². The van der Waals surface area contributed by atoms with Crippen LogP contribution in [0.5, 0.6) is 0 Å². The molecule has 23 heavy (non-hydrogen) atoms. The van der Waals surface area contributed by atoms with Crippen LogP contribution in [0.2, 0.25) is 0 Å². The number of nitriles is 1. The summed E-state index contributed by atoms with van der Waals surface area (Å²) in [5, 5.41) is 8.75. The summed E-state index contributed by atoms with van der Waals surface area (Å²) in [5.74, 6) is 0. The lowest BCUT2D eigenvalue weighted by atomic mass is 9.96. The molecule has 1 heterocycles. The number of rotatable bonds is 5. The Morgan fingerprint density at radius 2 is 1.35 bits per heavy atom. The van der Waals surface area contributed by atoms with Crippen LogP contribution in [0.4, 0.5) is 0 Å². The molecule has 0 saturated carbocycles. The summed E-state index contributed by atoms with van der Waals surface area (Å²) in [6.07, 6.45) is 0.626. The van der Waals surface area contributed by atoms with Gasteiger partial charge in [-0.25, -0.2) is 0 Å². The van der Waals surface area contributed by atoms with Crippen LogP contribution in [0.1, 0.15) is 23.6 Å². The molecule has 2 aromatic carbocycles. The fraction of sp³-hybridized carbons (Fsp3) is 0.350. The number of hydrogen-bond donors (Lipinski definition) is 0. The molecule has 1 fully saturated rings. The molecule has 0 amide bonds. The molecular weight excluding hydrogens is 282 g/mol. The van der Waals surface area contributed by atoms with Gasteiger partial charge in [0, 0.05) is 39.1 Å². The van der Waals surface area contributed by atoms with Crippen molar-refractivity contribution >= 4 is 0 Å². The molecule has 0 unspecified atom stereocenters. The van der Waals surface area contributed by atoms with Crippen molar-refractivity contribution in [2.75, 3.05) is 32.7 Å². The Hall–Kier alpha value is -2.15. The third kappa shape index (κ3) is 3.98. The smallest absolute Gasteiger partial charge is 0.0635 e. The highest BCUT2D eigenvalue weighted by atomic mass is 15.3.